The third kappa shape index (κ3) is 4.09. The van der Waals surface area contributed by atoms with Crippen LogP contribution in [0.4, 0.5) is 5.69 Å². The van der Waals surface area contributed by atoms with Crippen molar-refractivity contribution in [2.75, 3.05) is 11.9 Å². The van der Waals surface area contributed by atoms with Crippen molar-refractivity contribution >= 4 is 17.4 Å². The van der Waals surface area contributed by atoms with Gasteiger partial charge in [0, 0.05) is 11.1 Å². The number of amides is 1. The first-order valence-electron chi connectivity index (χ1n) is 8.02. The Labute approximate surface area is 145 Å². The lowest BCUT2D eigenvalue weighted by atomic mass is 10.0. The van der Waals surface area contributed by atoms with Gasteiger partial charge in [0.1, 0.15) is 12.2 Å². The number of para-hydroxylation sites is 1. The maximum absolute atomic E-state index is 12.6. The Morgan fingerprint density at radius 3 is 2.52 bits per heavy atom. The summed E-state index contributed by atoms with van der Waals surface area (Å²) >= 11 is 0. The Bertz CT molecular complexity index is 841. The number of nitrogens with one attached hydrogen (secondary N) is 2. The van der Waals surface area contributed by atoms with E-state index in [9.17, 15) is 14.8 Å². The van der Waals surface area contributed by atoms with Crippen LogP contribution < -0.4 is 10.4 Å². The molecule has 0 aliphatic carbocycles. The summed E-state index contributed by atoms with van der Waals surface area (Å²) < 4.78 is 0. The normalized spacial score (nSPS) is 16.2. The highest BCUT2D eigenvalue weighted by Crippen LogP contribution is 2.19. The molecule has 2 N–H and O–H groups in total. The number of hydroxylamine groups is 2. The van der Waals surface area contributed by atoms with E-state index in [2.05, 4.69) is 5.32 Å². The smallest absolute Gasteiger partial charge is 0.255 e. The molecule has 1 heterocycles. The second-order valence-corrected chi connectivity index (χ2v) is 5.71. The van der Waals surface area contributed by atoms with Gasteiger partial charge in [-0.25, -0.2) is 0 Å². The molecule has 1 unspecified atom stereocenters. The number of benzene rings is 2. The number of ketones is 1. The third-order valence-electron chi connectivity index (χ3n) is 3.96. The van der Waals surface area contributed by atoms with Gasteiger partial charge in [-0.3, -0.25) is 9.59 Å². The van der Waals surface area contributed by atoms with Gasteiger partial charge < -0.3 is 15.6 Å². The molecule has 5 heteroatoms. The van der Waals surface area contributed by atoms with Gasteiger partial charge in [-0.05, 0) is 36.4 Å². The average molecular weight is 334 g/mol. The minimum atomic E-state index is -0.281. The van der Waals surface area contributed by atoms with Gasteiger partial charge in [-0.1, -0.05) is 36.4 Å². The molecule has 0 fully saturated rings. The number of carbonyl (C=O) groups excluding carboxylic acids is 2. The molecule has 3 rings (SSSR count). The molecular formula is C20H18N2O3. The van der Waals surface area contributed by atoms with Crippen molar-refractivity contribution in [1.29, 1.82) is 0 Å². The Balaban J connectivity index is 1.79. The lowest BCUT2D eigenvalue weighted by molar-refractivity contribution is -0.801. The maximum atomic E-state index is 12.6. The highest BCUT2D eigenvalue weighted by atomic mass is 16.5. The molecule has 0 aromatic heterocycles. The van der Waals surface area contributed by atoms with Crippen LogP contribution in [0.5, 0.6) is 0 Å². The van der Waals surface area contributed by atoms with Crippen LogP contribution in [-0.4, -0.2) is 18.2 Å². The zero-order valence-corrected chi connectivity index (χ0v) is 13.6. The summed E-state index contributed by atoms with van der Waals surface area (Å²) in [5.74, 6) is -0.476. The second kappa shape index (κ2) is 7.70. The Morgan fingerprint density at radius 2 is 1.76 bits per heavy atom. The van der Waals surface area contributed by atoms with Crippen LogP contribution in [0.25, 0.3) is 0 Å². The van der Waals surface area contributed by atoms with Crippen molar-refractivity contribution < 1.29 is 14.7 Å². The first-order valence-corrected chi connectivity index (χ1v) is 8.02. The molecule has 0 saturated heterocycles. The lowest BCUT2D eigenvalue weighted by Crippen LogP contribution is -3.05. The fourth-order valence-corrected chi connectivity index (χ4v) is 2.63. The molecular weight excluding hydrogens is 316 g/mol. The van der Waals surface area contributed by atoms with E-state index in [0.29, 0.717) is 29.1 Å². The summed E-state index contributed by atoms with van der Waals surface area (Å²) in [7, 11) is 0. The van der Waals surface area contributed by atoms with E-state index in [1.165, 1.54) is 0 Å². The molecule has 0 radical (unpaired) electrons. The molecule has 0 saturated carbocycles. The topological polar surface area (TPSA) is 73.7 Å². The van der Waals surface area contributed by atoms with Crippen LogP contribution in [0.1, 0.15) is 27.1 Å². The molecule has 126 valence electrons. The van der Waals surface area contributed by atoms with Crippen LogP contribution in [0.2, 0.25) is 0 Å². The zero-order chi connectivity index (χ0) is 17.6. The number of carbonyl (C=O) groups is 2. The first-order chi connectivity index (χ1) is 12.1. The molecule has 0 spiro atoms. The number of Topliss-reactive ketones (excluding diaryl/α,β-unsaturated/α-hetero) is 1. The quantitative estimate of drug-likeness (QED) is 0.651. The van der Waals surface area contributed by atoms with Crippen LogP contribution in [0.3, 0.4) is 0 Å². The molecule has 2 aromatic rings. The number of allylic oxidation sites excluding steroid dienone is 3. The molecule has 1 atom stereocenters. The van der Waals surface area contributed by atoms with E-state index >= 15 is 0 Å². The molecule has 2 aromatic carbocycles. The maximum Gasteiger partial charge on any atom is 0.255 e. The van der Waals surface area contributed by atoms with Gasteiger partial charge in [-0.2, -0.15) is 0 Å². The number of quaternary nitrogens is 1. The molecule has 25 heavy (non-hydrogen) atoms. The van der Waals surface area contributed by atoms with Crippen LogP contribution >= 0.6 is 0 Å². The van der Waals surface area contributed by atoms with E-state index in [1.54, 1.807) is 66.8 Å². The number of hydrogen-bond acceptors (Lipinski definition) is 3. The molecule has 0 bridgehead atoms. The number of hydrogen-bond donors (Lipinski definition) is 2. The van der Waals surface area contributed by atoms with Crippen LogP contribution in [0, 0.1) is 5.21 Å². The van der Waals surface area contributed by atoms with E-state index in [1.807, 2.05) is 6.07 Å². The Hall–Kier alpha value is -3.02. The van der Waals surface area contributed by atoms with E-state index in [0.717, 1.165) is 0 Å². The predicted octanol–water partition coefficient (Wildman–Crippen LogP) is 2.35. The molecule has 1 aliphatic rings. The Kier molecular flexibility index (Phi) is 5.18. The molecule has 1 amide bonds. The third-order valence-corrected chi connectivity index (χ3v) is 3.96. The summed E-state index contributed by atoms with van der Waals surface area (Å²) in [5.41, 5.74) is 1.85. The SMILES string of the molecule is O=C(Nc1ccccc1C(=O)CC1=CC=CC[NH+]1[O-])c1ccccc1. The van der Waals surface area contributed by atoms with Crippen molar-refractivity contribution in [2.45, 2.75) is 6.42 Å². The number of rotatable bonds is 5. The summed E-state index contributed by atoms with van der Waals surface area (Å²) in [6.45, 7) is 0.325. The Morgan fingerprint density at radius 1 is 1.04 bits per heavy atom. The predicted molar refractivity (Wildman–Crippen MR) is 96.2 cm³/mol. The van der Waals surface area contributed by atoms with Gasteiger partial charge in [0.05, 0.1) is 12.1 Å². The van der Waals surface area contributed by atoms with Gasteiger partial charge in [-0.15, -0.1) is 0 Å². The molecule has 5 nitrogen and oxygen atoms in total. The van der Waals surface area contributed by atoms with Crippen molar-refractivity contribution in [3.05, 3.63) is 94.9 Å². The summed E-state index contributed by atoms with van der Waals surface area (Å²) in [6.07, 6.45) is 5.26. The lowest BCUT2D eigenvalue weighted by Gasteiger charge is -2.24. The van der Waals surface area contributed by atoms with Gasteiger partial charge in [0.2, 0.25) is 0 Å². The van der Waals surface area contributed by atoms with Crippen molar-refractivity contribution in [1.82, 2.24) is 0 Å². The highest BCUT2D eigenvalue weighted by molar-refractivity contribution is 6.09. The highest BCUT2D eigenvalue weighted by Gasteiger charge is 2.18. The van der Waals surface area contributed by atoms with Gasteiger partial charge >= 0.3 is 0 Å². The molecule has 1 aliphatic heterocycles. The monoisotopic (exact) mass is 334 g/mol. The minimum absolute atomic E-state index is 0.0292. The largest absolute Gasteiger partial charge is 0.629 e. The van der Waals surface area contributed by atoms with E-state index in [4.69, 9.17) is 0 Å². The zero-order valence-electron chi connectivity index (χ0n) is 13.6. The standard InChI is InChI=1S/C20H18N2O3/c23-19(14-16-10-6-7-13-22(16)25)17-11-4-5-12-18(17)21-20(24)15-8-2-1-3-9-15/h1-12,22H,13-14H2,(H,21,24). The number of anilines is 1. The summed E-state index contributed by atoms with van der Waals surface area (Å²) in [4.78, 5) is 25.0. The summed E-state index contributed by atoms with van der Waals surface area (Å²) in [5, 5.41) is 14.6. The van der Waals surface area contributed by atoms with Crippen LogP contribution in [-0.2, 0) is 0 Å². The van der Waals surface area contributed by atoms with Gasteiger partial charge in [0.25, 0.3) is 5.91 Å². The fraction of sp³-hybridized carbons (Fsp3) is 0.100. The first kappa shape index (κ1) is 16.8. The summed E-state index contributed by atoms with van der Waals surface area (Å²) in [6, 6.07) is 15.6. The van der Waals surface area contributed by atoms with Crippen LogP contribution in [0.15, 0.2) is 78.5 Å². The van der Waals surface area contributed by atoms with Crippen molar-refractivity contribution in [3.63, 3.8) is 0 Å². The minimum Gasteiger partial charge on any atom is -0.629 e. The van der Waals surface area contributed by atoms with Gasteiger partial charge in [0.15, 0.2) is 5.78 Å². The fourth-order valence-electron chi connectivity index (χ4n) is 2.63. The van der Waals surface area contributed by atoms with E-state index in [-0.39, 0.29) is 23.2 Å². The average Bonchev–Trinajstić information content (AvgIpc) is 2.64. The van der Waals surface area contributed by atoms with E-state index < -0.39 is 0 Å². The second-order valence-electron chi connectivity index (χ2n) is 5.71. The van der Waals surface area contributed by atoms with Crippen molar-refractivity contribution in [2.24, 2.45) is 0 Å². The van der Waals surface area contributed by atoms with Crippen molar-refractivity contribution in [3.8, 4) is 0 Å².